The molecule has 0 saturated heterocycles. The van der Waals surface area contributed by atoms with E-state index >= 15 is 0 Å². The molecule has 0 bridgehead atoms. The Hall–Kier alpha value is -1.40. The van der Waals surface area contributed by atoms with E-state index in [-0.39, 0.29) is 5.57 Å². The molecule has 0 heterocycles. The van der Waals surface area contributed by atoms with Crippen molar-refractivity contribution in [3.63, 3.8) is 0 Å². The first-order chi connectivity index (χ1) is 6.69. The molecular weight excluding hydrogens is 204 g/mol. The number of ether oxygens (including phenoxy) is 2. The second-order valence-electron chi connectivity index (χ2n) is 3.07. The Balaban J connectivity index is 4.91. The maximum Gasteiger partial charge on any atom is 0.405 e. The van der Waals surface area contributed by atoms with E-state index in [0.717, 1.165) is 13.8 Å². The summed E-state index contributed by atoms with van der Waals surface area (Å²) in [6.45, 7) is 6.72. The summed E-state index contributed by atoms with van der Waals surface area (Å²) in [7, 11) is 0. The Morgan fingerprint density at radius 1 is 1.20 bits per heavy atom. The van der Waals surface area contributed by atoms with Gasteiger partial charge in [0.15, 0.2) is 6.10 Å². The van der Waals surface area contributed by atoms with Crippen LogP contribution in [0.1, 0.15) is 20.8 Å². The number of aliphatic hydroxyl groups is 2. The molecule has 0 radical (unpaired) electrons. The molecule has 86 valence electrons. The summed E-state index contributed by atoms with van der Waals surface area (Å²) in [5.74, 6) is -4.53. The van der Waals surface area contributed by atoms with Crippen LogP contribution >= 0.6 is 0 Å². The van der Waals surface area contributed by atoms with E-state index in [9.17, 15) is 19.8 Å². The Kier molecular flexibility index (Phi) is 4.44. The van der Waals surface area contributed by atoms with Crippen molar-refractivity contribution < 1.29 is 29.3 Å². The first kappa shape index (κ1) is 13.6. The summed E-state index contributed by atoms with van der Waals surface area (Å²) in [5, 5.41) is 19.0. The molecule has 1 unspecified atom stereocenters. The minimum absolute atomic E-state index is 0.0833. The second-order valence-corrected chi connectivity index (χ2v) is 3.07. The maximum absolute atomic E-state index is 10.7. The van der Waals surface area contributed by atoms with Gasteiger partial charge in [-0.25, -0.2) is 0 Å². The zero-order valence-corrected chi connectivity index (χ0v) is 8.81. The van der Waals surface area contributed by atoms with E-state index in [0.29, 0.717) is 0 Å². The van der Waals surface area contributed by atoms with Crippen molar-refractivity contribution in [2.75, 3.05) is 0 Å². The third kappa shape index (κ3) is 4.09. The topological polar surface area (TPSA) is 93.1 Å². The molecule has 0 fully saturated rings. The van der Waals surface area contributed by atoms with E-state index in [1.807, 2.05) is 0 Å². The quantitative estimate of drug-likeness (QED) is 0.382. The molecule has 0 aromatic rings. The lowest BCUT2D eigenvalue weighted by Crippen LogP contribution is -2.50. The minimum atomic E-state index is -2.72. The van der Waals surface area contributed by atoms with Crippen LogP contribution < -0.4 is 0 Å². The number of rotatable bonds is 4. The van der Waals surface area contributed by atoms with Gasteiger partial charge >= 0.3 is 17.9 Å². The summed E-state index contributed by atoms with van der Waals surface area (Å²) < 4.78 is 8.67. The fraction of sp³-hybridized carbons (Fsp3) is 0.556. The average Bonchev–Trinajstić information content (AvgIpc) is 1.99. The van der Waals surface area contributed by atoms with Gasteiger partial charge in [-0.2, -0.15) is 0 Å². The first-order valence-electron chi connectivity index (χ1n) is 4.14. The van der Waals surface area contributed by atoms with Crippen molar-refractivity contribution >= 4 is 11.9 Å². The largest absolute Gasteiger partial charge is 0.405 e. The maximum atomic E-state index is 10.7. The number of carbonyl (C=O) groups excluding carboxylic acids is 2. The lowest BCUT2D eigenvalue weighted by molar-refractivity contribution is -0.352. The number of hydrogen-bond donors (Lipinski definition) is 2. The van der Waals surface area contributed by atoms with E-state index < -0.39 is 24.0 Å². The lowest BCUT2D eigenvalue weighted by atomic mass is 10.1. The van der Waals surface area contributed by atoms with Gasteiger partial charge in [-0.15, -0.1) is 0 Å². The number of hydrogen-bond acceptors (Lipinski definition) is 6. The van der Waals surface area contributed by atoms with Gasteiger partial charge in [0.25, 0.3) is 0 Å². The predicted molar refractivity (Wildman–Crippen MR) is 49.3 cm³/mol. The summed E-state index contributed by atoms with van der Waals surface area (Å²) in [6.07, 6.45) is -1.70. The van der Waals surface area contributed by atoms with Crippen LogP contribution in [0.3, 0.4) is 0 Å². The second kappa shape index (κ2) is 4.90. The van der Waals surface area contributed by atoms with Crippen LogP contribution in [-0.2, 0) is 19.1 Å². The number of aliphatic hydroxyl groups excluding tert-OH is 1. The molecule has 0 aromatic carbocycles. The van der Waals surface area contributed by atoms with Crippen LogP contribution in [0.25, 0.3) is 0 Å². The van der Waals surface area contributed by atoms with Crippen molar-refractivity contribution in [2.45, 2.75) is 32.8 Å². The molecule has 0 aliphatic heterocycles. The third-order valence-corrected chi connectivity index (χ3v) is 1.39. The van der Waals surface area contributed by atoms with Gasteiger partial charge in [-0.05, 0) is 12.5 Å². The van der Waals surface area contributed by atoms with Gasteiger partial charge in [0.2, 0.25) is 0 Å². The normalized spacial score (nSPS) is 12.9. The van der Waals surface area contributed by atoms with Crippen LogP contribution in [0, 0.1) is 0 Å². The van der Waals surface area contributed by atoms with Gasteiger partial charge in [-0.1, -0.05) is 6.58 Å². The van der Waals surface area contributed by atoms with Crippen molar-refractivity contribution in [3.8, 4) is 0 Å². The molecule has 0 spiro atoms. The standard InChI is InChI=1S/C9H14O6/c1-5(2)8(12)9(13,14-6(3)10)15-7(4)11/h8,12-13H,1H2,2-4H3. The molecule has 0 rings (SSSR count). The third-order valence-electron chi connectivity index (χ3n) is 1.39. The SMILES string of the molecule is C=C(C)C(O)C(O)(OC(C)=O)OC(C)=O. The molecule has 2 N–H and O–H groups in total. The highest BCUT2D eigenvalue weighted by molar-refractivity contribution is 5.68. The molecule has 0 saturated carbocycles. The van der Waals surface area contributed by atoms with Gasteiger partial charge in [-0.3, -0.25) is 9.59 Å². The molecule has 0 aliphatic rings. The molecule has 1 atom stereocenters. The summed E-state index contributed by atoms with van der Waals surface area (Å²) in [4.78, 5) is 21.3. The van der Waals surface area contributed by atoms with Crippen LogP contribution in [0.4, 0.5) is 0 Å². The Morgan fingerprint density at radius 2 is 1.53 bits per heavy atom. The summed E-state index contributed by atoms with van der Waals surface area (Å²) in [5.41, 5.74) is 0.0833. The zero-order valence-electron chi connectivity index (χ0n) is 8.81. The van der Waals surface area contributed by atoms with Crippen LogP contribution in [0.5, 0.6) is 0 Å². The Morgan fingerprint density at radius 3 is 1.73 bits per heavy atom. The highest BCUT2D eigenvalue weighted by atomic mass is 16.8. The predicted octanol–water partition coefficient (Wildman–Crippen LogP) is -0.304. The van der Waals surface area contributed by atoms with Gasteiger partial charge in [0.05, 0.1) is 0 Å². The summed E-state index contributed by atoms with van der Waals surface area (Å²) in [6, 6.07) is 0. The summed E-state index contributed by atoms with van der Waals surface area (Å²) >= 11 is 0. The fourth-order valence-electron chi connectivity index (χ4n) is 0.856. The van der Waals surface area contributed by atoms with Gasteiger partial charge in [0, 0.05) is 13.8 Å². The minimum Gasteiger partial charge on any atom is -0.396 e. The van der Waals surface area contributed by atoms with Crippen molar-refractivity contribution in [1.82, 2.24) is 0 Å². The van der Waals surface area contributed by atoms with Gasteiger partial charge in [0.1, 0.15) is 0 Å². The highest BCUT2D eigenvalue weighted by Gasteiger charge is 2.44. The number of esters is 2. The van der Waals surface area contributed by atoms with E-state index in [1.54, 1.807) is 0 Å². The first-order valence-corrected chi connectivity index (χ1v) is 4.14. The van der Waals surface area contributed by atoms with Crippen molar-refractivity contribution in [1.29, 1.82) is 0 Å². The van der Waals surface area contributed by atoms with Crippen LogP contribution in [0.2, 0.25) is 0 Å². The molecule has 6 nitrogen and oxygen atoms in total. The monoisotopic (exact) mass is 218 g/mol. The molecule has 0 aromatic heterocycles. The molecule has 15 heavy (non-hydrogen) atoms. The average molecular weight is 218 g/mol. The Labute approximate surface area is 87.1 Å². The molecule has 0 aliphatic carbocycles. The van der Waals surface area contributed by atoms with E-state index in [2.05, 4.69) is 16.1 Å². The lowest BCUT2D eigenvalue weighted by Gasteiger charge is -2.30. The smallest absolute Gasteiger partial charge is 0.396 e. The van der Waals surface area contributed by atoms with Crippen LogP contribution in [-0.4, -0.2) is 34.2 Å². The van der Waals surface area contributed by atoms with Crippen LogP contribution in [0.15, 0.2) is 12.2 Å². The van der Waals surface area contributed by atoms with Crippen molar-refractivity contribution in [2.24, 2.45) is 0 Å². The molecule has 0 amide bonds. The number of carbonyl (C=O) groups is 2. The zero-order chi connectivity index (χ0) is 12.2. The van der Waals surface area contributed by atoms with E-state index in [1.165, 1.54) is 6.92 Å². The van der Waals surface area contributed by atoms with E-state index in [4.69, 9.17) is 0 Å². The molecule has 6 heteroatoms. The highest BCUT2D eigenvalue weighted by Crippen LogP contribution is 2.20. The van der Waals surface area contributed by atoms with Gasteiger partial charge < -0.3 is 19.7 Å². The fourth-order valence-corrected chi connectivity index (χ4v) is 0.856. The van der Waals surface area contributed by atoms with Crippen molar-refractivity contribution in [3.05, 3.63) is 12.2 Å². The Bertz CT molecular complexity index is 266. The molecular formula is C9H14O6.